The highest BCUT2D eigenvalue weighted by molar-refractivity contribution is 7.92. The normalized spacial score (nSPS) is 11.5. The van der Waals surface area contributed by atoms with Gasteiger partial charge >= 0.3 is 0 Å². The van der Waals surface area contributed by atoms with Gasteiger partial charge in [-0.05, 0) is 24.8 Å². The van der Waals surface area contributed by atoms with Crippen molar-refractivity contribution >= 4 is 9.84 Å². The third-order valence-electron chi connectivity index (χ3n) is 2.18. The Bertz CT molecular complexity index is 368. The Balaban J connectivity index is 2.13. The van der Waals surface area contributed by atoms with Gasteiger partial charge in [-0.1, -0.05) is 36.8 Å². The van der Waals surface area contributed by atoms with Crippen LogP contribution in [0.2, 0.25) is 0 Å². The molecule has 1 radical (unpaired) electrons. The molecule has 1 aromatic rings. The van der Waals surface area contributed by atoms with Gasteiger partial charge in [0.1, 0.15) is 0 Å². The van der Waals surface area contributed by atoms with E-state index in [1.807, 2.05) is 18.2 Å². The van der Waals surface area contributed by atoms with E-state index in [1.165, 1.54) is 17.6 Å². The molecule has 83 valence electrons. The van der Waals surface area contributed by atoms with Crippen LogP contribution < -0.4 is 0 Å². The zero-order valence-electron chi connectivity index (χ0n) is 9.02. The van der Waals surface area contributed by atoms with Crippen molar-refractivity contribution in [2.75, 3.05) is 6.26 Å². The molecule has 0 atom stereocenters. The minimum atomic E-state index is -2.89. The first-order chi connectivity index (χ1) is 7.08. The van der Waals surface area contributed by atoms with E-state index in [1.54, 1.807) is 0 Å². The number of aryl methyl sites for hydroxylation is 1. The fraction of sp³-hybridized carbons (Fsp3) is 0.417. The largest absolute Gasteiger partial charge is 0.229 e. The quantitative estimate of drug-likeness (QED) is 0.697. The summed E-state index contributed by atoms with van der Waals surface area (Å²) in [7, 11) is -2.89. The van der Waals surface area contributed by atoms with Crippen molar-refractivity contribution in [3.8, 4) is 0 Å². The predicted octanol–water partition coefficient (Wildman–Crippen LogP) is 2.61. The van der Waals surface area contributed by atoms with Crippen LogP contribution in [0.5, 0.6) is 0 Å². The van der Waals surface area contributed by atoms with Crippen LogP contribution in [0.1, 0.15) is 24.8 Å². The van der Waals surface area contributed by atoms with Gasteiger partial charge in [-0.2, -0.15) is 0 Å². The molecule has 1 aromatic carbocycles. The van der Waals surface area contributed by atoms with Crippen molar-refractivity contribution < 1.29 is 8.42 Å². The minimum absolute atomic E-state index is 0.658. The highest BCUT2D eigenvalue weighted by Crippen LogP contribution is 2.08. The fourth-order valence-electron chi connectivity index (χ4n) is 1.42. The average Bonchev–Trinajstić information content (AvgIpc) is 2.17. The standard InChI is InChI=1S/C12H17O2S/c1-15(13,14)11-7-3-6-10-12-8-4-2-5-9-12/h2,4-5,8-9,11H,3,6-7,10H2,1H3. The van der Waals surface area contributed by atoms with Crippen LogP contribution in [0.15, 0.2) is 30.3 Å². The number of unbranched alkanes of at least 4 members (excludes halogenated alkanes) is 2. The van der Waals surface area contributed by atoms with E-state index in [0.717, 1.165) is 19.3 Å². The van der Waals surface area contributed by atoms with E-state index < -0.39 is 9.84 Å². The number of hydrogen-bond acceptors (Lipinski definition) is 2. The van der Waals surface area contributed by atoms with Crippen LogP contribution in [-0.2, 0) is 16.3 Å². The van der Waals surface area contributed by atoms with Crippen LogP contribution in [-0.4, -0.2) is 14.7 Å². The van der Waals surface area contributed by atoms with Gasteiger partial charge in [0.05, 0.1) is 5.75 Å². The lowest BCUT2D eigenvalue weighted by Crippen LogP contribution is -1.96. The molecule has 1 rings (SSSR count). The molecule has 0 saturated carbocycles. The van der Waals surface area contributed by atoms with Gasteiger partial charge in [0.25, 0.3) is 0 Å². The molecule has 0 aliphatic heterocycles. The molecule has 0 aliphatic rings. The van der Waals surface area contributed by atoms with Crippen molar-refractivity contribution in [2.24, 2.45) is 0 Å². The highest BCUT2D eigenvalue weighted by atomic mass is 32.2. The third-order valence-corrected chi connectivity index (χ3v) is 3.02. The second-order valence-electron chi connectivity index (χ2n) is 3.73. The van der Waals surface area contributed by atoms with Gasteiger partial charge in [-0.25, -0.2) is 8.42 Å². The number of sulfone groups is 1. The summed E-state index contributed by atoms with van der Waals surface area (Å²) in [5.74, 6) is 1.40. The third kappa shape index (κ3) is 6.28. The Morgan fingerprint density at radius 1 is 1.13 bits per heavy atom. The van der Waals surface area contributed by atoms with Gasteiger partial charge < -0.3 is 0 Å². The van der Waals surface area contributed by atoms with Crippen LogP contribution in [0, 0.1) is 5.75 Å². The summed E-state index contributed by atoms with van der Waals surface area (Å²) in [5.41, 5.74) is 1.32. The first kappa shape index (κ1) is 12.2. The minimum Gasteiger partial charge on any atom is -0.229 e. The zero-order chi connectivity index (χ0) is 11.1. The summed E-state index contributed by atoms with van der Waals surface area (Å²) in [5, 5.41) is 0. The molecule has 0 heterocycles. The van der Waals surface area contributed by atoms with Crippen molar-refractivity contribution in [2.45, 2.75) is 25.7 Å². The van der Waals surface area contributed by atoms with Crippen LogP contribution in [0.3, 0.4) is 0 Å². The first-order valence-corrected chi connectivity index (χ1v) is 7.10. The zero-order valence-corrected chi connectivity index (χ0v) is 9.83. The van der Waals surface area contributed by atoms with E-state index in [0.29, 0.717) is 6.42 Å². The van der Waals surface area contributed by atoms with Crippen LogP contribution in [0.4, 0.5) is 0 Å². The van der Waals surface area contributed by atoms with Crippen molar-refractivity contribution in [1.29, 1.82) is 0 Å². The summed E-state index contributed by atoms with van der Waals surface area (Å²) in [6.07, 6.45) is 4.90. The molecule has 0 aliphatic carbocycles. The second kappa shape index (κ2) is 5.91. The Morgan fingerprint density at radius 2 is 1.80 bits per heavy atom. The maximum Gasteiger partial charge on any atom is 0.151 e. The summed E-state index contributed by atoms with van der Waals surface area (Å²) < 4.78 is 21.6. The Morgan fingerprint density at radius 3 is 2.40 bits per heavy atom. The van der Waals surface area contributed by atoms with Crippen LogP contribution in [0.25, 0.3) is 0 Å². The molecule has 0 N–H and O–H groups in total. The summed E-state index contributed by atoms with van der Waals surface area (Å²) in [6, 6.07) is 10.2. The van der Waals surface area contributed by atoms with Crippen LogP contribution >= 0.6 is 0 Å². The second-order valence-corrected chi connectivity index (χ2v) is 5.72. The van der Waals surface area contributed by atoms with Gasteiger partial charge in [-0.15, -0.1) is 0 Å². The molecule has 3 heteroatoms. The average molecular weight is 225 g/mol. The smallest absolute Gasteiger partial charge is 0.151 e. The van der Waals surface area contributed by atoms with E-state index in [4.69, 9.17) is 0 Å². The number of hydrogen-bond donors (Lipinski definition) is 0. The van der Waals surface area contributed by atoms with E-state index >= 15 is 0 Å². The van der Waals surface area contributed by atoms with Gasteiger partial charge in [0.15, 0.2) is 9.84 Å². The molecule has 0 aromatic heterocycles. The Kier molecular flexibility index (Phi) is 4.82. The van der Waals surface area contributed by atoms with Gasteiger partial charge in [0, 0.05) is 6.26 Å². The Hall–Kier alpha value is -0.830. The van der Waals surface area contributed by atoms with E-state index in [9.17, 15) is 8.42 Å². The molecule has 0 amide bonds. The maximum absolute atomic E-state index is 10.8. The lowest BCUT2D eigenvalue weighted by molar-refractivity contribution is 0.603. The first-order valence-electron chi connectivity index (χ1n) is 5.15. The summed E-state index contributed by atoms with van der Waals surface area (Å²) in [6.45, 7) is 0. The SMILES string of the molecule is CS(=O)(=O)[CH]CCCCc1ccccc1. The molecule has 0 unspecified atom stereocenters. The predicted molar refractivity (Wildman–Crippen MR) is 63.1 cm³/mol. The highest BCUT2D eigenvalue weighted by Gasteiger charge is 2.01. The van der Waals surface area contributed by atoms with E-state index in [-0.39, 0.29) is 0 Å². The van der Waals surface area contributed by atoms with Crippen molar-refractivity contribution in [3.05, 3.63) is 41.6 Å². The summed E-state index contributed by atoms with van der Waals surface area (Å²) in [4.78, 5) is 0. The Labute approximate surface area is 92.2 Å². The molecule has 0 fully saturated rings. The number of rotatable bonds is 6. The fourth-order valence-corrected chi connectivity index (χ4v) is 2.01. The number of benzene rings is 1. The molecule has 0 saturated heterocycles. The summed E-state index contributed by atoms with van der Waals surface area (Å²) >= 11 is 0. The maximum atomic E-state index is 10.8. The molecule has 0 spiro atoms. The van der Waals surface area contributed by atoms with Gasteiger partial charge in [-0.3, -0.25) is 0 Å². The molecular formula is C12H17O2S. The monoisotopic (exact) mass is 225 g/mol. The topological polar surface area (TPSA) is 34.1 Å². The lowest BCUT2D eigenvalue weighted by Gasteiger charge is -2.00. The molecule has 15 heavy (non-hydrogen) atoms. The van der Waals surface area contributed by atoms with Crippen molar-refractivity contribution in [1.82, 2.24) is 0 Å². The van der Waals surface area contributed by atoms with Crippen molar-refractivity contribution in [3.63, 3.8) is 0 Å². The molecular weight excluding hydrogens is 208 g/mol. The molecule has 0 bridgehead atoms. The molecule has 2 nitrogen and oxygen atoms in total. The van der Waals surface area contributed by atoms with E-state index in [2.05, 4.69) is 12.1 Å². The van der Waals surface area contributed by atoms with Gasteiger partial charge in [0.2, 0.25) is 0 Å². The lowest BCUT2D eigenvalue weighted by atomic mass is 10.1.